The third-order valence-corrected chi connectivity index (χ3v) is 1.45. The average Bonchev–Trinajstić information content (AvgIpc) is 2.47. The van der Waals surface area contributed by atoms with Crippen molar-refractivity contribution in [1.82, 2.24) is 9.55 Å². The van der Waals surface area contributed by atoms with Crippen molar-refractivity contribution in [2.24, 2.45) is 7.05 Å². The van der Waals surface area contributed by atoms with E-state index in [1.165, 1.54) is 10.8 Å². The van der Waals surface area contributed by atoms with E-state index >= 15 is 0 Å². The van der Waals surface area contributed by atoms with Crippen LogP contribution in [0.2, 0.25) is 0 Å². The van der Waals surface area contributed by atoms with Crippen molar-refractivity contribution in [3.8, 4) is 6.07 Å². The number of ether oxygens (including phenoxy) is 1. The van der Waals surface area contributed by atoms with E-state index in [0.717, 1.165) is 0 Å². The van der Waals surface area contributed by atoms with E-state index in [-0.39, 0.29) is 11.5 Å². The molecule has 68 valence electrons. The summed E-state index contributed by atoms with van der Waals surface area (Å²) in [5.41, 5.74) is 0.213. The summed E-state index contributed by atoms with van der Waals surface area (Å²) in [6, 6.07) is 1.85. The van der Waals surface area contributed by atoms with Gasteiger partial charge in [0, 0.05) is 13.2 Å². The fourth-order valence-electron chi connectivity index (χ4n) is 0.906. The minimum atomic E-state index is -0.508. The molecular formula is C8H9N3O2. The Labute approximate surface area is 75.6 Å². The zero-order chi connectivity index (χ0) is 9.84. The molecule has 1 aromatic rings. The Morgan fingerprint density at radius 2 is 2.54 bits per heavy atom. The highest BCUT2D eigenvalue weighted by molar-refractivity contribution is 5.85. The number of aryl methyl sites for hydroxylation is 1. The summed E-state index contributed by atoms with van der Waals surface area (Å²) >= 11 is 0. The van der Waals surface area contributed by atoms with Crippen LogP contribution in [0.15, 0.2) is 6.20 Å². The molecule has 0 spiro atoms. The molecule has 0 N–H and O–H groups in total. The molecule has 0 saturated heterocycles. The third-order valence-electron chi connectivity index (χ3n) is 1.45. The van der Waals surface area contributed by atoms with Gasteiger partial charge in [0.05, 0.1) is 6.61 Å². The first-order chi connectivity index (χ1) is 6.19. The molecule has 0 aliphatic carbocycles. The molecule has 0 amide bonds. The molecule has 13 heavy (non-hydrogen) atoms. The zero-order valence-corrected chi connectivity index (χ0v) is 7.44. The van der Waals surface area contributed by atoms with Crippen LogP contribution < -0.4 is 0 Å². The number of nitriles is 1. The Morgan fingerprint density at radius 3 is 3.00 bits per heavy atom. The molecule has 0 unspecified atom stereocenters. The SMILES string of the molecule is CCOC(=O)c1nc(C#N)cn1C. The minimum Gasteiger partial charge on any atom is -0.460 e. The maximum Gasteiger partial charge on any atom is 0.374 e. The maximum absolute atomic E-state index is 11.2. The summed E-state index contributed by atoms with van der Waals surface area (Å²) in [6.45, 7) is 2.01. The van der Waals surface area contributed by atoms with Gasteiger partial charge in [0.25, 0.3) is 0 Å². The predicted octanol–water partition coefficient (Wildman–Crippen LogP) is 0.468. The summed E-state index contributed by atoms with van der Waals surface area (Å²) in [6.07, 6.45) is 1.48. The lowest BCUT2D eigenvalue weighted by atomic mass is 10.5. The minimum absolute atomic E-state index is 0.151. The molecule has 1 rings (SSSR count). The zero-order valence-electron chi connectivity index (χ0n) is 7.44. The van der Waals surface area contributed by atoms with Crippen LogP contribution in [-0.2, 0) is 11.8 Å². The molecule has 0 aliphatic heterocycles. The fraction of sp³-hybridized carbons (Fsp3) is 0.375. The first-order valence-corrected chi connectivity index (χ1v) is 3.79. The second-order valence-corrected chi connectivity index (χ2v) is 2.39. The van der Waals surface area contributed by atoms with Crippen LogP contribution in [0.4, 0.5) is 0 Å². The smallest absolute Gasteiger partial charge is 0.374 e. The normalized spacial score (nSPS) is 9.31. The van der Waals surface area contributed by atoms with Crippen molar-refractivity contribution in [2.75, 3.05) is 6.61 Å². The van der Waals surface area contributed by atoms with Gasteiger partial charge in [-0.2, -0.15) is 5.26 Å². The molecule has 0 aromatic carbocycles. The largest absolute Gasteiger partial charge is 0.460 e. The lowest BCUT2D eigenvalue weighted by Crippen LogP contribution is -2.10. The summed E-state index contributed by atoms with van der Waals surface area (Å²) < 4.78 is 6.20. The molecule has 5 heteroatoms. The van der Waals surface area contributed by atoms with Crippen molar-refractivity contribution in [2.45, 2.75) is 6.92 Å². The highest BCUT2D eigenvalue weighted by atomic mass is 16.5. The van der Waals surface area contributed by atoms with Gasteiger partial charge in [-0.3, -0.25) is 0 Å². The van der Waals surface area contributed by atoms with Gasteiger partial charge in [0.15, 0.2) is 5.69 Å². The standard InChI is InChI=1S/C8H9N3O2/c1-3-13-8(12)7-10-6(4-9)5-11(7)2/h5H,3H2,1-2H3. The van der Waals surface area contributed by atoms with E-state index in [1.807, 2.05) is 6.07 Å². The van der Waals surface area contributed by atoms with Crippen LogP contribution in [0.1, 0.15) is 23.2 Å². The lowest BCUT2D eigenvalue weighted by molar-refractivity contribution is 0.0508. The van der Waals surface area contributed by atoms with E-state index in [9.17, 15) is 4.79 Å². The van der Waals surface area contributed by atoms with Crippen molar-refractivity contribution in [3.05, 3.63) is 17.7 Å². The summed E-state index contributed by atoms with van der Waals surface area (Å²) in [4.78, 5) is 15.0. The van der Waals surface area contributed by atoms with E-state index in [1.54, 1.807) is 14.0 Å². The summed E-state index contributed by atoms with van der Waals surface area (Å²) in [7, 11) is 1.64. The number of hydrogen-bond acceptors (Lipinski definition) is 4. The molecule has 0 atom stereocenters. The van der Waals surface area contributed by atoms with Gasteiger partial charge in [-0.15, -0.1) is 0 Å². The molecule has 0 saturated carbocycles. The van der Waals surface area contributed by atoms with Crippen molar-refractivity contribution < 1.29 is 9.53 Å². The number of aromatic nitrogens is 2. The number of carbonyl (C=O) groups is 1. The van der Waals surface area contributed by atoms with Crippen molar-refractivity contribution in [1.29, 1.82) is 5.26 Å². The van der Waals surface area contributed by atoms with Crippen LogP contribution in [0, 0.1) is 11.3 Å². The number of rotatable bonds is 2. The van der Waals surface area contributed by atoms with Gasteiger partial charge in [0.2, 0.25) is 5.82 Å². The first kappa shape index (κ1) is 9.26. The van der Waals surface area contributed by atoms with E-state index in [4.69, 9.17) is 10.00 Å². The molecule has 1 aromatic heterocycles. The Balaban J connectivity index is 2.95. The molecule has 0 aliphatic rings. The highest BCUT2D eigenvalue weighted by Gasteiger charge is 2.14. The quantitative estimate of drug-likeness (QED) is 0.619. The third kappa shape index (κ3) is 1.85. The van der Waals surface area contributed by atoms with E-state index < -0.39 is 5.97 Å². The topological polar surface area (TPSA) is 67.9 Å². The molecule has 5 nitrogen and oxygen atoms in total. The fourth-order valence-corrected chi connectivity index (χ4v) is 0.906. The molecule has 0 bridgehead atoms. The molecule has 0 radical (unpaired) electrons. The van der Waals surface area contributed by atoms with E-state index in [0.29, 0.717) is 6.61 Å². The van der Waals surface area contributed by atoms with Crippen molar-refractivity contribution in [3.63, 3.8) is 0 Å². The van der Waals surface area contributed by atoms with Crippen LogP contribution in [0.3, 0.4) is 0 Å². The average molecular weight is 179 g/mol. The second kappa shape index (κ2) is 3.72. The number of hydrogen-bond donors (Lipinski definition) is 0. The van der Waals surface area contributed by atoms with Crippen LogP contribution in [-0.4, -0.2) is 22.1 Å². The number of nitrogens with zero attached hydrogens (tertiary/aromatic N) is 3. The first-order valence-electron chi connectivity index (χ1n) is 3.79. The molecule has 0 fully saturated rings. The van der Waals surface area contributed by atoms with Crippen LogP contribution in [0.5, 0.6) is 0 Å². The monoisotopic (exact) mass is 179 g/mol. The van der Waals surface area contributed by atoms with Gasteiger partial charge in [-0.1, -0.05) is 0 Å². The number of carbonyl (C=O) groups excluding carboxylic acids is 1. The lowest BCUT2D eigenvalue weighted by Gasteiger charge is -1.99. The van der Waals surface area contributed by atoms with Crippen LogP contribution >= 0.6 is 0 Å². The van der Waals surface area contributed by atoms with Crippen LogP contribution in [0.25, 0.3) is 0 Å². The highest BCUT2D eigenvalue weighted by Crippen LogP contribution is 2.01. The molecular weight excluding hydrogens is 170 g/mol. The van der Waals surface area contributed by atoms with Gasteiger partial charge < -0.3 is 9.30 Å². The Hall–Kier alpha value is -1.83. The Kier molecular flexibility index (Phi) is 2.65. The summed E-state index contributed by atoms with van der Waals surface area (Å²) in [5, 5.41) is 8.51. The number of imidazole rings is 1. The van der Waals surface area contributed by atoms with Gasteiger partial charge >= 0.3 is 5.97 Å². The van der Waals surface area contributed by atoms with Gasteiger partial charge in [0.1, 0.15) is 6.07 Å². The Morgan fingerprint density at radius 1 is 1.85 bits per heavy atom. The van der Waals surface area contributed by atoms with Gasteiger partial charge in [-0.05, 0) is 6.92 Å². The maximum atomic E-state index is 11.2. The van der Waals surface area contributed by atoms with Gasteiger partial charge in [-0.25, -0.2) is 9.78 Å². The van der Waals surface area contributed by atoms with Crippen molar-refractivity contribution >= 4 is 5.97 Å². The summed E-state index contributed by atoms with van der Waals surface area (Å²) in [5.74, 6) is -0.357. The predicted molar refractivity (Wildman–Crippen MR) is 43.9 cm³/mol. The second-order valence-electron chi connectivity index (χ2n) is 2.39. The Bertz CT molecular complexity index is 362. The van der Waals surface area contributed by atoms with E-state index in [2.05, 4.69) is 4.98 Å². The molecule has 1 heterocycles. The number of esters is 1.